The average Bonchev–Trinajstić information content (AvgIpc) is 2.60. The predicted molar refractivity (Wildman–Crippen MR) is 93.1 cm³/mol. The highest BCUT2D eigenvalue weighted by Gasteiger charge is 2.23. The molecule has 0 spiro atoms. The third-order valence-electron chi connectivity index (χ3n) is 3.56. The first kappa shape index (κ1) is 18.6. The minimum absolute atomic E-state index is 0.0378. The Balaban J connectivity index is 2.17. The lowest BCUT2D eigenvalue weighted by atomic mass is 10.0. The van der Waals surface area contributed by atoms with Crippen molar-refractivity contribution in [3.05, 3.63) is 58.6 Å². The lowest BCUT2D eigenvalue weighted by Crippen LogP contribution is -2.43. The number of ether oxygens (including phenoxy) is 2. The minimum Gasteiger partial charge on any atom is -0.508 e. The number of esters is 1. The number of carbonyl (C=O) groups is 2. The molecule has 0 fully saturated rings. The van der Waals surface area contributed by atoms with Crippen molar-refractivity contribution in [2.24, 2.45) is 0 Å². The van der Waals surface area contributed by atoms with Gasteiger partial charge in [-0.15, -0.1) is 0 Å². The molecule has 0 heterocycles. The van der Waals surface area contributed by atoms with Gasteiger partial charge in [0.2, 0.25) is 0 Å². The monoisotopic (exact) mass is 363 g/mol. The van der Waals surface area contributed by atoms with Gasteiger partial charge in [0, 0.05) is 12.0 Å². The molecule has 0 bridgehead atoms. The topological polar surface area (TPSA) is 84.9 Å². The summed E-state index contributed by atoms with van der Waals surface area (Å²) in [5.74, 6) is -0.598. The molecule has 0 aliphatic heterocycles. The molecule has 132 valence electrons. The number of halogens is 1. The van der Waals surface area contributed by atoms with E-state index in [0.717, 1.165) is 5.56 Å². The van der Waals surface area contributed by atoms with Crippen LogP contribution in [0, 0.1) is 0 Å². The van der Waals surface area contributed by atoms with E-state index in [4.69, 9.17) is 21.1 Å². The van der Waals surface area contributed by atoms with E-state index >= 15 is 0 Å². The molecule has 0 aliphatic rings. The molecule has 2 aromatic carbocycles. The number of rotatable bonds is 6. The molecule has 2 N–H and O–H groups in total. The molecule has 2 aromatic rings. The Morgan fingerprint density at radius 1 is 1.20 bits per heavy atom. The normalized spacial score (nSPS) is 11.5. The zero-order chi connectivity index (χ0) is 18.4. The molecule has 1 atom stereocenters. The number of hydrogen-bond acceptors (Lipinski definition) is 5. The van der Waals surface area contributed by atoms with Gasteiger partial charge in [0.15, 0.2) is 0 Å². The van der Waals surface area contributed by atoms with Crippen LogP contribution in [0.4, 0.5) is 0 Å². The van der Waals surface area contributed by atoms with Gasteiger partial charge < -0.3 is 19.9 Å². The van der Waals surface area contributed by atoms with Crippen molar-refractivity contribution >= 4 is 23.5 Å². The lowest BCUT2D eigenvalue weighted by molar-refractivity contribution is -0.142. The van der Waals surface area contributed by atoms with Crippen LogP contribution in [-0.4, -0.2) is 37.2 Å². The highest BCUT2D eigenvalue weighted by Crippen LogP contribution is 2.25. The first-order chi connectivity index (χ1) is 11.9. The standard InChI is InChI=1S/C18H18ClNO5/c1-24-16-7-6-11(8-14(16)19)9-15(18(23)25-2)20-17(22)12-4-3-5-13(21)10-12/h3-8,10,15,21H,9H2,1-2H3,(H,20,22)/t15-/m0/s1. The van der Waals surface area contributed by atoms with Crippen molar-refractivity contribution in [2.45, 2.75) is 12.5 Å². The van der Waals surface area contributed by atoms with Gasteiger partial charge in [-0.2, -0.15) is 0 Å². The second kappa shape index (κ2) is 8.39. The van der Waals surface area contributed by atoms with E-state index in [2.05, 4.69) is 5.32 Å². The Hall–Kier alpha value is -2.73. The van der Waals surface area contributed by atoms with Crippen molar-refractivity contribution in [3.8, 4) is 11.5 Å². The number of phenols is 1. The molecule has 25 heavy (non-hydrogen) atoms. The number of benzene rings is 2. The van der Waals surface area contributed by atoms with Crippen LogP contribution in [0.1, 0.15) is 15.9 Å². The first-order valence-electron chi connectivity index (χ1n) is 7.44. The Morgan fingerprint density at radius 2 is 1.96 bits per heavy atom. The average molecular weight is 364 g/mol. The maximum atomic E-state index is 12.3. The van der Waals surface area contributed by atoms with Gasteiger partial charge in [-0.3, -0.25) is 4.79 Å². The summed E-state index contributed by atoms with van der Waals surface area (Å²) in [6.45, 7) is 0. The summed E-state index contributed by atoms with van der Waals surface area (Å²) in [5, 5.41) is 12.5. The van der Waals surface area contributed by atoms with Crippen LogP contribution in [0.15, 0.2) is 42.5 Å². The Kier molecular flexibility index (Phi) is 6.25. The van der Waals surface area contributed by atoms with Crippen molar-refractivity contribution in [3.63, 3.8) is 0 Å². The molecule has 0 radical (unpaired) electrons. The quantitative estimate of drug-likeness (QED) is 0.770. The Bertz CT molecular complexity index is 778. The fraction of sp³-hybridized carbons (Fsp3) is 0.222. The zero-order valence-corrected chi connectivity index (χ0v) is 14.5. The van der Waals surface area contributed by atoms with Crippen LogP contribution in [-0.2, 0) is 16.0 Å². The largest absolute Gasteiger partial charge is 0.508 e. The van der Waals surface area contributed by atoms with Crippen LogP contribution in [0.2, 0.25) is 5.02 Å². The van der Waals surface area contributed by atoms with Gasteiger partial charge in [0.25, 0.3) is 5.91 Å². The second-order valence-electron chi connectivity index (χ2n) is 5.27. The number of aromatic hydroxyl groups is 1. The van der Waals surface area contributed by atoms with E-state index in [1.807, 2.05) is 0 Å². The first-order valence-corrected chi connectivity index (χ1v) is 7.82. The van der Waals surface area contributed by atoms with Gasteiger partial charge in [-0.25, -0.2) is 4.79 Å². The fourth-order valence-corrected chi connectivity index (χ4v) is 2.58. The van der Waals surface area contributed by atoms with Gasteiger partial charge in [0.1, 0.15) is 17.5 Å². The molecular weight excluding hydrogens is 346 g/mol. The van der Waals surface area contributed by atoms with Crippen molar-refractivity contribution in [2.75, 3.05) is 14.2 Å². The number of methoxy groups -OCH3 is 2. The molecule has 0 saturated carbocycles. The molecule has 6 nitrogen and oxygen atoms in total. The summed E-state index contributed by atoms with van der Waals surface area (Å²) in [5.41, 5.74) is 0.971. The summed E-state index contributed by atoms with van der Waals surface area (Å²) in [4.78, 5) is 24.3. The lowest BCUT2D eigenvalue weighted by Gasteiger charge is -2.17. The number of phenolic OH excluding ortho intramolecular Hbond substituents is 1. The van der Waals surface area contributed by atoms with Crippen LogP contribution in [0.25, 0.3) is 0 Å². The van der Waals surface area contributed by atoms with Crippen molar-refractivity contribution in [1.82, 2.24) is 5.32 Å². The van der Waals surface area contributed by atoms with Crippen LogP contribution < -0.4 is 10.1 Å². The number of hydrogen-bond donors (Lipinski definition) is 2. The molecule has 0 aromatic heterocycles. The number of amides is 1. The summed E-state index contributed by atoms with van der Waals surface area (Å²) < 4.78 is 9.85. The third kappa shape index (κ3) is 4.87. The summed E-state index contributed by atoms with van der Waals surface area (Å²) in [6, 6.07) is 10.0. The molecule has 0 aliphatic carbocycles. The fourth-order valence-electron chi connectivity index (χ4n) is 2.30. The smallest absolute Gasteiger partial charge is 0.328 e. The highest BCUT2D eigenvalue weighted by atomic mass is 35.5. The van der Waals surface area contributed by atoms with E-state index in [9.17, 15) is 14.7 Å². The van der Waals surface area contributed by atoms with E-state index in [1.165, 1.54) is 32.4 Å². The van der Waals surface area contributed by atoms with Gasteiger partial charge in [0.05, 0.1) is 19.2 Å². The maximum absolute atomic E-state index is 12.3. The van der Waals surface area contributed by atoms with Gasteiger partial charge in [-0.1, -0.05) is 23.7 Å². The Morgan fingerprint density at radius 3 is 2.56 bits per heavy atom. The molecule has 1 amide bonds. The number of nitrogens with one attached hydrogen (secondary N) is 1. The van der Waals surface area contributed by atoms with Crippen molar-refractivity contribution < 1.29 is 24.2 Å². The van der Waals surface area contributed by atoms with E-state index in [0.29, 0.717) is 10.8 Å². The summed E-state index contributed by atoms with van der Waals surface area (Å²) in [6.07, 6.45) is 0.195. The molecule has 0 saturated heterocycles. The molecule has 0 unspecified atom stereocenters. The van der Waals surface area contributed by atoms with Crippen LogP contribution in [0.5, 0.6) is 11.5 Å². The number of carbonyl (C=O) groups excluding carboxylic acids is 2. The molecule has 7 heteroatoms. The third-order valence-corrected chi connectivity index (χ3v) is 3.85. The predicted octanol–water partition coefficient (Wildman–Crippen LogP) is 2.57. The van der Waals surface area contributed by atoms with Crippen molar-refractivity contribution in [1.29, 1.82) is 0 Å². The Labute approximate surface area is 150 Å². The molecular formula is C18H18ClNO5. The highest BCUT2D eigenvalue weighted by molar-refractivity contribution is 6.32. The zero-order valence-electron chi connectivity index (χ0n) is 13.8. The molecule has 2 rings (SSSR count). The van der Waals surface area contributed by atoms with E-state index < -0.39 is 17.9 Å². The van der Waals surface area contributed by atoms with Gasteiger partial charge >= 0.3 is 5.97 Å². The SMILES string of the molecule is COC(=O)[C@H](Cc1ccc(OC)c(Cl)c1)NC(=O)c1cccc(O)c1. The van der Waals surface area contributed by atoms with Crippen LogP contribution >= 0.6 is 11.6 Å². The minimum atomic E-state index is -0.899. The van der Waals surface area contributed by atoms with E-state index in [1.54, 1.807) is 24.3 Å². The van der Waals surface area contributed by atoms with E-state index in [-0.39, 0.29) is 17.7 Å². The summed E-state index contributed by atoms with van der Waals surface area (Å²) in [7, 11) is 2.75. The van der Waals surface area contributed by atoms with Crippen LogP contribution in [0.3, 0.4) is 0 Å². The summed E-state index contributed by atoms with van der Waals surface area (Å²) >= 11 is 6.09. The van der Waals surface area contributed by atoms with Gasteiger partial charge in [-0.05, 0) is 35.9 Å². The maximum Gasteiger partial charge on any atom is 0.328 e. The second-order valence-corrected chi connectivity index (χ2v) is 5.68.